The second kappa shape index (κ2) is 4.73. The lowest BCUT2D eigenvalue weighted by Gasteiger charge is -2.30. The van der Waals surface area contributed by atoms with Crippen molar-refractivity contribution in [1.82, 2.24) is 10.2 Å². The number of aromatic nitrogens is 2. The number of carbonyl (C=O) groups excluding carboxylic acids is 1. The van der Waals surface area contributed by atoms with E-state index in [2.05, 4.69) is 24.0 Å². The summed E-state index contributed by atoms with van der Waals surface area (Å²) in [5.41, 5.74) is 0.710. The van der Waals surface area contributed by atoms with Crippen molar-refractivity contribution < 1.29 is 4.79 Å². The lowest BCUT2D eigenvalue weighted by molar-refractivity contribution is 0.0835. The fourth-order valence-electron chi connectivity index (χ4n) is 2.83. The average Bonchev–Trinajstić information content (AvgIpc) is 2.28. The van der Waals surface area contributed by atoms with Crippen LogP contribution in [-0.2, 0) is 0 Å². The van der Waals surface area contributed by atoms with E-state index in [1.54, 1.807) is 18.5 Å². The van der Waals surface area contributed by atoms with Crippen LogP contribution in [0.3, 0.4) is 0 Å². The lowest BCUT2D eigenvalue weighted by Crippen LogP contribution is -2.26. The molecule has 86 valence electrons. The van der Waals surface area contributed by atoms with Crippen LogP contribution in [0.2, 0.25) is 0 Å². The Bertz CT molecular complexity index is 353. The largest absolute Gasteiger partial charge is 0.294 e. The maximum Gasteiger partial charge on any atom is 0.167 e. The highest BCUT2D eigenvalue weighted by Crippen LogP contribution is 2.34. The zero-order valence-corrected chi connectivity index (χ0v) is 9.89. The van der Waals surface area contributed by atoms with Crippen molar-refractivity contribution in [2.45, 2.75) is 33.1 Å². The summed E-state index contributed by atoms with van der Waals surface area (Å²) in [6.07, 6.45) is 6.45. The zero-order chi connectivity index (χ0) is 11.5. The van der Waals surface area contributed by atoms with Gasteiger partial charge in [0.25, 0.3) is 0 Å². The van der Waals surface area contributed by atoms with Crippen LogP contribution in [0.1, 0.15) is 43.5 Å². The third-order valence-electron chi connectivity index (χ3n) is 3.42. The minimum absolute atomic E-state index is 0.183. The van der Waals surface area contributed by atoms with Gasteiger partial charge in [0.15, 0.2) is 5.78 Å². The fourth-order valence-corrected chi connectivity index (χ4v) is 2.83. The Kier molecular flexibility index (Phi) is 3.32. The molecule has 3 heteroatoms. The predicted octanol–water partition coefficient (Wildman–Crippen LogP) is 2.73. The lowest BCUT2D eigenvalue weighted by atomic mass is 9.74. The first-order chi connectivity index (χ1) is 7.66. The quantitative estimate of drug-likeness (QED) is 0.717. The maximum absolute atomic E-state index is 12.2. The van der Waals surface area contributed by atoms with Crippen LogP contribution in [0.4, 0.5) is 0 Å². The summed E-state index contributed by atoms with van der Waals surface area (Å²) in [7, 11) is 0. The van der Waals surface area contributed by atoms with Gasteiger partial charge in [-0.25, -0.2) is 0 Å². The first-order valence-corrected chi connectivity index (χ1v) is 5.97. The Morgan fingerprint density at radius 2 is 1.88 bits per heavy atom. The Labute approximate surface area is 96.3 Å². The van der Waals surface area contributed by atoms with E-state index in [1.165, 1.54) is 6.42 Å². The summed E-state index contributed by atoms with van der Waals surface area (Å²) >= 11 is 0. The second-order valence-corrected chi connectivity index (χ2v) is 5.11. The molecule has 1 heterocycles. The summed E-state index contributed by atoms with van der Waals surface area (Å²) in [6.45, 7) is 4.47. The van der Waals surface area contributed by atoms with E-state index in [-0.39, 0.29) is 11.7 Å². The van der Waals surface area contributed by atoms with Gasteiger partial charge in [-0.3, -0.25) is 4.79 Å². The van der Waals surface area contributed by atoms with Crippen LogP contribution in [-0.4, -0.2) is 16.0 Å². The van der Waals surface area contributed by atoms with Gasteiger partial charge >= 0.3 is 0 Å². The van der Waals surface area contributed by atoms with E-state index in [1.807, 2.05) is 0 Å². The molecule has 2 atom stereocenters. The van der Waals surface area contributed by atoms with Crippen molar-refractivity contribution in [2.24, 2.45) is 17.8 Å². The van der Waals surface area contributed by atoms with Crippen LogP contribution in [0.15, 0.2) is 18.5 Å². The van der Waals surface area contributed by atoms with Crippen molar-refractivity contribution >= 4 is 5.78 Å². The molecule has 0 spiro atoms. The molecule has 1 aliphatic carbocycles. The van der Waals surface area contributed by atoms with Crippen molar-refractivity contribution in [3.8, 4) is 0 Å². The molecule has 0 aromatic carbocycles. The topological polar surface area (TPSA) is 42.9 Å². The molecule has 0 N–H and O–H groups in total. The Morgan fingerprint density at radius 1 is 1.19 bits per heavy atom. The van der Waals surface area contributed by atoms with Crippen LogP contribution in [0.5, 0.6) is 0 Å². The average molecular weight is 218 g/mol. The highest BCUT2D eigenvalue weighted by atomic mass is 16.1. The van der Waals surface area contributed by atoms with Crippen molar-refractivity contribution in [3.63, 3.8) is 0 Å². The van der Waals surface area contributed by atoms with Gasteiger partial charge in [-0.1, -0.05) is 13.8 Å². The highest BCUT2D eigenvalue weighted by molar-refractivity contribution is 5.97. The molecule has 0 saturated heterocycles. The second-order valence-electron chi connectivity index (χ2n) is 5.11. The molecule has 0 aliphatic heterocycles. The van der Waals surface area contributed by atoms with Crippen LogP contribution >= 0.6 is 0 Å². The summed E-state index contributed by atoms with van der Waals surface area (Å²) in [5, 5.41) is 7.47. The predicted molar refractivity (Wildman–Crippen MR) is 62.0 cm³/mol. The molecule has 0 radical (unpaired) electrons. The Hall–Kier alpha value is -1.25. The number of rotatable bonds is 2. The first kappa shape index (κ1) is 11.2. The number of nitrogens with zero attached hydrogens (tertiary/aromatic N) is 2. The van der Waals surface area contributed by atoms with Gasteiger partial charge in [-0.2, -0.15) is 10.2 Å². The van der Waals surface area contributed by atoms with Crippen molar-refractivity contribution in [1.29, 1.82) is 0 Å². The fraction of sp³-hybridized carbons (Fsp3) is 0.615. The normalized spacial score (nSPS) is 30.0. The third-order valence-corrected chi connectivity index (χ3v) is 3.42. The minimum atomic E-state index is 0.183. The minimum Gasteiger partial charge on any atom is -0.294 e. The van der Waals surface area contributed by atoms with E-state index in [0.29, 0.717) is 17.4 Å². The Balaban J connectivity index is 2.10. The molecular formula is C13H18N2O. The summed E-state index contributed by atoms with van der Waals surface area (Å²) < 4.78 is 0. The van der Waals surface area contributed by atoms with Gasteiger partial charge in [0, 0.05) is 11.5 Å². The van der Waals surface area contributed by atoms with Gasteiger partial charge in [-0.05, 0) is 37.2 Å². The molecule has 0 bridgehead atoms. The molecule has 2 unspecified atom stereocenters. The van der Waals surface area contributed by atoms with Gasteiger partial charge in [0.2, 0.25) is 0 Å². The van der Waals surface area contributed by atoms with Crippen LogP contribution in [0.25, 0.3) is 0 Å². The van der Waals surface area contributed by atoms with Gasteiger partial charge in [0.1, 0.15) is 0 Å². The number of hydrogen-bond acceptors (Lipinski definition) is 3. The van der Waals surface area contributed by atoms with E-state index < -0.39 is 0 Å². The molecule has 0 amide bonds. The zero-order valence-electron chi connectivity index (χ0n) is 9.89. The molecular weight excluding hydrogens is 200 g/mol. The van der Waals surface area contributed by atoms with Crippen LogP contribution < -0.4 is 0 Å². The molecule has 3 nitrogen and oxygen atoms in total. The summed E-state index contributed by atoms with van der Waals surface area (Å²) in [4.78, 5) is 12.2. The highest BCUT2D eigenvalue weighted by Gasteiger charge is 2.29. The standard InChI is InChI=1S/C13H18N2O/c1-9-5-10(2)7-12(6-9)13(16)11-3-4-14-15-8-11/h3-4,8-10,12H,5-7H2,1-2H3. The van der Waals surface area contributed by atoms with E-state index in [9.17, 15) is 4.79 Å². The molecule has 1 aromatic rings. The van der Waals surface area contributed by atoms with Gasteiger partial charge in [0.05, 0.1) is 12.4 Å². The number of carbonyl (C=O) groups is 1. The number of hydrogen-bond donors (Lipinski definition) is 0. The smallest absolute Gasteiger partial charge is 0.167 e. The van der Waals surface area contributed by atoms with E-state index in [4.69, 9.17) is 0 Å². The summed E-state index contributed by atoms with van der Waals surface area (Å²) in [5.74, 6) is 1.75. The summed E-state index contributed by atoms with van der Waals surface area (Å²) in [6, 6.07) is 1.76. The van der Waals surface area contributed by atoms with Gasteiger partial charge < -0.3 is 0 Å². The molecule has 1 fully saturated rings. The molecule has 16 heavy (non-hydrogen) atoms. The van der Waals surface area contributed by atoms with Gasteiger partial charge in [-0.15, -0.1) is 0 Å². The monoisotopic (exact) mass is 218 g/mol. The number of ketones is 1. The first-order valence-electron chi connectivity index (χ1n) is 5.97. The van der Waals surface area contributed by atoms with E-state index >= 15 is 0 Å². The SMILES string of the molecule is CC1CC(C)CC(C(=O)c2ccnnc2)C1. The molecule has 1 aliphatic rings. The Morgan fingerprint density at radius 3 is 2.44 bits per heavy atom. The molecule has 1 saturated carbocycles. The van der Waals surface area contributed by atoms with Crippen LogP contribution in [0, 0.1) is 17.8 Å². The van der Waals surface area contributed by atoms with E-state index in [0.717, 1.165) is 12.8 Å². The molecule has 1 aromatic heterocycles. The van der Waals surface area contributed by atoms with Crippen molar-refractivity contribution in [3.05, 3.63) is 24.0 Å². The van der Waals surface area contributed by atoms with Crippen molar-refractivity contribution in [2.75, 3.05) is 0 Å². The maximum atomic E-state index is 12.2. The number of Topliss-reactive ketones (excluding diaryl/α,β-unsaturated/α-hetero) is 1. The molecule has 2 rings (SSSR count). The third kappa shape index (κ3) is 2.46.